The highest BCUT2D eigenvalue weighted by atomic mass is 32.1. The van der Waals surface area contributed by atoms with E-state index in [9.17, 15) is 5.11 Å². The fourth-order valence-electron chi connectivity index (χ4n) is 2.63. The number of hydrogen-bond donors (Lipinski definition) is 2. The first-order chi connectivity index (χ1) is 11.2. The Hall–Kier alpha value is -1.82. The maximum absolute atomic E-state index is 10.2. The van der Waals surface area contributed by atoms with Crippen molar-refractivity contribution in [1.82, 2.24) is 9.88 Å². The SMILES string of the molecule is CN(CCc1cccs1)CC(O)COc1cccc2[nH]ccc12. The Labute approximate surface area is 140 Å². The lowest BCUT2D eigenvalue weighted by atomic mass is 10.2. The molecule has 0 aliphatic heterocycles. The highest BCUT2D eigenvalue weighted by molar-refractivity contribution is 7.09. The third-order valence-electron chi connectivity index (χ3n) is 3.83. The Morgan fingerprint density at radius 3 is 3.00 bits per heavy atom. The highest BCUT2D eigenvalue weighted by Crippen LogP contribution is 2.24. The number of H-pyrrole nitrogens is 1. The van der Waals surface area contributed by atoms with E-state index >= 15 is 0 Å². The molecule has 2 N–H and O–H groups in total. The molecule has 0 bridgehead atoms. The number of aromatic nitrogens is 1. The first-order valence-corrected chi connectivity index (χ1v) is 8.68. The Morgan fingerprint density at radius 1 is 1.26 bits per heavy atom. The summed E-state index contributed by atoms with van der Waals surface area (Å²) < 4.78 is 5.80. The predicted octanol–water partition coefficient (Wildman–Crippen LogP) is 3.14. The van der Waals surface area contributed by atoms with Crippen LogP contribution >= 0.6 is 11.3 Å². The highest BCUT2D eigenvalue weighted by Gasteiger charge is 2.11. The van der Waals surface area contributed by atoms with Gasteiger partial charge in [0, 0.05) is 35.1 Å². The number of thiophene rings is 1. The average molecular weight is 330 g/mol. The molecule has 1 atom stereocenters. The largest absolute Gasteiger partial charge is 0.490 e. The van der Waals surface area contributed by atoms with Crippen molar-refractivity contribution in [3.63, 3.8) is 0 Å². The summed E-state index contributed by atoms with van der Waals surface area (Å²) in [6.07, 6.45) is 2.41. The third-order valence-corrected chi connectivity index (χ3v) is 4.76. The fourth-order valence-corrected chi connectivity index (χ4v) is 3.33. The third kappa shape index (κ3) is 4.34. The van der Waals surface area contributed by atoms with Crippen LogP contribution < -0.4 is 4.74 Å². The van der Waals surface area contributed by atoms with Crippen molar-refractivity contribution in [1.29, 1.82) is 0 Å². The Balaban J connectivity index is 1.45. The van der Waals surface area contributed by atoms with Gasteiger partial charge in [0.15, 0.2) is 0 Å². The summed E-state index contributed by atoms with van der Waals surface area (Å²) in [5, 5.41) is 13.3. The van der Waals surface area contributed by atoms with Crippen LogP contribution in [0.3, 0.4) is 0 Å². The van der Waals surface area contributed by atoms with Crippen LogP contribution in [0.15, 0.2) is 48.0 Å². The van der Waals surface area contributed by atoms with Crippen LogP contribution in [0.5, 0.6) is 5.75 Å². The molecule has 0 radical (unpaired) electrons. The molecular formula is C18H22N2O2S. The Kier molecular flexibility index (Phi) is 5.33. The normalized spacial score (nSPS) is 12.8. The van der Waals surface area contributed by atoms with Crippen molar-refractivity contribution < 1.29 is 9.84 Å². The topological polar surface area (TPSA) is 48.5 Å². The van der Waals surface area contributed by atoms with E-state index in [-0.39, 0.29) is 0 Å². The van der Waals surface area contributed by atoms with Crippen molar-refractivity contribution in [2.45, 2.75) is 12.5 Å². The molecule has 0 saturated carbocycles. The average Bonchev–Trinajstić information content (AvgIpc) is 3.22. The van der Waals surface area contributed by atoms with Gasteiger partial charge in [0.2, 0.25) is 0 Å². The molecule has 3 aromatic rings. The first-order valence-electron chi connectivity index (χ1n) is 7.80. The zero-order chi connectivity index (χ0) is 16.1. The second-order valence-electron chi connectivity index (χ2n) is 5.75. The number of nitrogens with one attached hydrogen (secondary N) is 1. The summed E-state index contributed by atoms with van der Waals surface area (Å²) >= 11 is 1.78. The summed E-state index contributed by atoms with van der Waals surface area (Å²) in [6.45, 7) is 1.84. The van der Waals surface area contributed by atoms with Crippen molar-refractivity contribution >= 4 is 22.2 Å². The van der Waals surface area contributed by atoms with E-state index in [4.69, 9.17) is 4.74 Å². The second kappa shape index (κ2) is 7.64. The minimum absolute atomic E-state index is 0.299. The number of aliphatic hydroxyl groups excluding tert-OH is 1. The molecule has 0 spiro atoms. The summed E-state index contributed by atoms with van der Waals surface area (Å²) in [4.78, 5) is 6.68. The van der Waals surface area contributed by atoms with E-state index in [1.807, 2.05) is 37.5 Å². The minimum atomic E-state index is -0.502. The van der Waals surface area contributed by atoms with Gasteiger partial charge in [-0.25, -0.2) is 0 Å². The van der Waals surface area contributed by atoms with E-state index in [1.165, 1.54) is 4.88 Å². The van der Waals surface area contributed by atoms with Gasteiger partial charge in [-0.3, -0.25) is 0 Å². The predicted molar refractivity (Wildman–Crippen MR) is 95.3 cm³/mol. The molecule has 0 amide bonds. The van der Waals surface area contributed by atoms with Crippen LogP contribution in [0.4, 0.5) is 0 Å². The zero-order valence-corrected chi connectivity index (χ0v) is 14.1. The molecule has 0 aliphatic rings. The van der Waals surface area contributed by atoms with Gasteiger partial charge >= 0.3 is 0 Å². The number of aromatic amines is 1. The van der Waals surface area contributed by atoms with E-state index in [2.05, 4.69) is 27.4 Å². The molecule has 2 aromatic heterocycles. The van der Waals surface area contributed by atoms with Gasteiger partial charge in [-0.05, 0) is 43.1 Å². The number of fused-ring (bicyclic) bond motifs is 1. The van der Waals surface area contributed by atoms with Crippen molar-refractivity contribution in [3.8, 4) is 5.75 Å². The van der Waals surface area contributed by atoms with Crippen LogP contribution in [0.2, 0.25) is 0 Å². The number of rotatable bonds is 8. The Bertz CT molecular complexity index is 724. The van der Waals surface area contributed by atoms with E-state index < -0.39 is 6.10 Å². The quantitative estimate of drug-likeness (QED) is 0.667. The second-order valence-corrected chi connectivity index (χ2v) is 6.78. The molecule has 23 heavy (non-hydrogen) atoms. The molecular weight excluding hydrogens is 308 g/mol. The lowest BCUT2D eigenvalue weighted by Crippen LogP contribution is -2.34. The molecule has 1 aromatic carbocycles. The van der Waals surface area contributed by atoms with Crippen LogP contribution in [-0.4, -0.2) is 47.8 Å². The summed E-state index contributed by atoms with van der Waals surface area (Å²) in [6, 6.07) is 12.1. The smallest absolute Gasteiger partial charge is 0.128 e. The van der Waals surface area contributed by atoms with E-state index in [0.29, 0.717) is 13.2 Å². The summed E-state index contributed by atoms with van der Waals surface area (Å²) in [5.41, 5.74) is 1.05. The van der Waals surface area contributed by atoms with Gasteiger partial charge in [0.1, 0.15) is 18.5 Å². The summed E-state index contributed by atoms with van der Waals surface area (Å²) in [5.74, 6) is 0.809. The number of benzene rings is 1. The van der Waals surface area contributed by atoms with Crippen LogP contribution in [-0.2, 0) is 6.42 Å². The molecule has 5 heteroatoms. The van der Waals surface area contributed by atoms with Gasteiger partial charge in [0.05, 0.1) is 0 Å². The standard InChI is InChI=1S/C18H22N2O2S/c1-20(10-8-15-4-3-11-23-15)12-14(21)13-22-18-6-2-5-17-16(18)7-9-19-17/h2-7,9,11,14,19,21H,8,10,12-13H2,1H3. The Morgan fingerprint density at radius 2 is 2.17 bits per heavy atom. The number of aliphatic hydroxyl groups is 1. The fraction of sp³-hybridized carbons (Fsp3) is 0.333. The molecule has 0 fully saturated rings. The van der Waals surface area contributed by atoms with Gasteiger partial charge in [-0.2, -0.15) is 0 Å². The molecule has 2 heterocycles. The van der Waals surface area contributed by atoms with Gasteiger partial charge in [-0.1, -0.05) is 12.1 Å². The van der Waals surface area contributed by atoms with E-state index in [0.717, 1.165) is 29.6 Å². The lowest BCUT2D eigenvalue weighted by molar-refractivity contribution is 0.0773. The molecule has 0 saturated heterocycles. The number of nitrogens with zero attached hydrogens (tertiary/aromatic N) is 1. The van der Waals surface area contributed by atoms with Crippen molar-refractivity contribution in [2.24, 2.45) is 0 Å². The van der Waals surface area contributed by atoms with E-state index in [1.54, 1.807) is 11.3 Å². The molecule has 122 valence electrons. The number of hydrogen-bond acceptors (Lipinski definition) is 4. The minimum Gasteiger partial charge on any atom is -0.490 e. The van der Waals surface area contributed by atoms with Crippen LogP contribution in [0.25, 0.3) is 10.9 Å². The van der Waals surface area contributed by atoms with Gasteiger partial charge in [0.25, 0.3) is 0 Å². The lowest BCUT2D eigenvalue weighted by Gasteiger charge is -2.20. The maximum atomic E-state index is 10.2. The molecule has 0 aliphatic carbocycles. The number of likely N-dealkylation sites (N-methyl/N-ethyl adjacent to an activating group) is 1. The molecule has 4 nitrogen and oxygen atoms in total. The summed E-state index contributed by atoms with van der Waals surface area (Å²) in [7, 11) is 2.03. The molecule has 3 rings (SSSR count). The monoisotopic (exact) mass is 330 g/mol. The van der Waals surface area contributed by atoms with Gasteiger partial charge < -0.3 is 19.7 Å². The van der Waals surface area contributed by atoms with Crippen LogP contribution in [0.1, 0.15) is 4.88 Å². The number of ether oxygens (including phenoxy) is 1. The van der Waals surface area contributed by atoms with Crippen molar-refractivity contribution in [3.05, 3.63) is 52.9 Å². The maximum Gasteiger partial charge on any atom is 0.128 e. The van der Waals surface area contributed by atoms with Crippen LogP contribution in [0, 0.1) is 0 Å². The van der Waals surface area contributed by atoms with Gasteiger partial charge in [-0.15, -0.1) is 11.3 Å². The first kappa shape index (κ1) is 16.1. The molecule has 1 unspecified atom stereocenters. The zero-order valence-electron chi connectivity index (χ0n) is 13.2. The van der Waals surface area contributed by atoms with Crippen molar-refractivity contribution in [2.75, 3.05) is 26.7 Å².